The number of thioether (sulfide) groups is 1. The molecule has 0 radical (unpaired) electrons. The number of aromatic nitrogens is 3. The Balaban J connectivity index is 1.47. The van der Waals surface area contributed by atoms with Crippen molar-refractivity contribution in [2.24, 2.45) is 0 Å². The van der Waals surface area contributed by atoms with Crippen LogP contribution in [0, 0.1) is 6.92 Å². The van der Waals surface area contributed by atoms with E-state index in [0.29, 0.717) is 39.8 Å². The topological polar surface area (TPSA) is 90.0 Å². The van der Waals surface area contributed by atoms with Crippen LogP contribution in [-0.4, -0.2) is 26.4 Å². The third kappa shape index (κ3) is 3.50. The maximum Gasteiger partial charge on any atom is 0.262 e. The molecule has 0 aliphatic heterocycles. The molecule has 3 aromatic rings. The number of nitrogens with one attached hydrogen (secondary N) is 1. The zero-order chi connectivity index (χ0) is 18.1. The average Bonchev–Trinajstić information content (AvgIpc) is 3.37. The van der Waals surface area contributed by atoms with E-state index >= 15 is 0 Å². The second kappa shape index (κ2) is 6.95. The van der Waals surface area contributed by atoms with Gasteiger partial charge in [-0.05, 0) is 31.9 Å². The van der Waals surface area contributed by atoms with Crippen molar-refractivity contribution in [3.63, 3.8) is 0 Å². The molecule has 0 saturated heterocycles. The van der Waals surface area contributed by atoms with Crippen LogP contribution in [0.15, 0.2) is 44.8 Å². The number of hydrogen-bond donors (Lipinski definition) is 1. The van der Waals surface area contributed by atoms with Crippen molar-refractivity contribution in [1.82, 2.24) is 14.7 Å². The normalized spacial score (nSPS) is 13.9. The number of amides is 1. The van der Waals surface area contributed by atoms with Gasteiger partial charge in [-0.3, -0.25) is 14.2 Å². The van der Waals surface area contributed by atoms with Gasteiger partial charge in [0.25, 0.3) is 5.56 Å². The summed E-state index contributed by atoms with van der Waals surface area (Å²) in [5.41, 5.74) is 0.697. The molecule has 2 aromatic heterocycles. The van der Waals surface area contributed by atoms with Crippen LogP contribution < -0.4 is 10.9 Å². The van der Waals surface area contributed by atoms with Crippen LogP contribution in [0.1, 0.15) is 31.1 Å². The molecule has 4 rings (SSSR count). The number of nitrogens with zero attached hydrogens (tertiary/aromatic N) is 3. The third-order valence-electron chi connectivity index (χ3n) is 4.14. The monoisotopic (exact) mass is 370 g/mol. The van der Waals surface area contributed by atoms with Crippen LogP contribution in [-0.2, 0) is 4.79 Å². The zero-order valence-electron chi connectivity index (χ0n) is 14.3. The van der Waals surface area contributed by atoms with Gasteiger partial charge in [0, 0.05) is 24.3 Å². The van der Waals surface area contributed by atoms with E-state index in [0.717, 1.165) is 12.8 Å². The highest BCUT2D eigenvalue weighted by Gasteiger charge is 2.28. The molecule has 0 atom stereocenters. The molecular formula is C18H18N4O3S. The first-order valence-electron chi connectivity index (χ1n) is 8.49. The van der Waals surface area contributed by atoms with Gasteiger partial charge in [0.05, 0.1) is 10.9 Å². The van der Waals surface area contributed by atoms with Crippen molar-refractivity contribution in [3.05, 3.63) is 46.4 Å². The second-order valence-electron chi connectivity index (χ2n) is 6.29. The number of benzene rings is 1. The Kier molecular flexibility index (Phi) is 4.50. The number of para-hydroxylation sites is 1. The third-order valence-corrected chi connectivity index (χ3v) is 5.10. The van der Waals surface area contributed by atoms with E-state index in [9.17, 15) is 9.59 Å². The van der Waals surface area contributed by atoms with Crippen molar-refractivity contribution < 1.29 is 9.32 Å². The fourth-order valence-electron chi connectivity index (χ4n) is 2.75. The molecule has 1 fully saturated rings. The number of hydrogen-bond acceptors (Lipinski definition) is 6. The maximum absolute atomic E-state index is 12.8. The van der Waals surface area contributed by atoms with Gasteiger partial charge in [0.2, 0.25) is 5.91 Å². The van der Waals surface area contributed by atoms with Crippen LogP contribution in [0.3, 0.4) is 0 Å². The largest absolute Gasteiger partial charge is 0.360 e. The standard InChI is InChI=1S/C18H18N4O3S/c1-11-10-15(21-25-11)20-16(23)8-9-26-18-19-14-5-3-2-4-13(14)17(24)22(18)12-6-7-12/h2-5,10,12H,6-9H2,1H3,(H,20,21,23). The van der Waals surface area contributed by atoms with E-state index in [2.05, 4.69) is 15.5 Å². The Labute approximate surface area is 153 Å². The van der Waals surface area contributed by atoms with E-state index in [-0.39, 0.29) is 17.5 Å². The number of fused-ring (bicyclic) bond motifs is 1. The van der Waals surface area contributed by atoms with Gasteiger partial charge in [-0.1, -0.05) is 29.1 Å². The lowest BCUT2D eigenvalue weighted by Crippen LogP contribution is -2.22. The average molecular weight is 370 g/mol. The highest BCUT2D eigenvalue weighted by Crippen LogP contribution is 2.36. The van der Waals surface area contributed by atoms with Gasteiger partial charge in [-0.2, -0.15) is 0 Å². The first-order chi connectivity index (χ1) is 12.6. The highest BCUT2D eigenvalue weighted by molar-refractivity contribution is 7.99. The number of carbonyl (C=O) groups is 1. The predicted molar refractivity (Wildman–Crippen MR) is 99.5 cm³/mol. The molecule has 1 amide bonds. The predicted octanol–water partition coefficient (Wildman–Crippen LogP) is 3.15. The van der Waals surface area contributed by atoms with E-state index in [4.69, 9.17) is 4.52 Å². The Morgan fingerprint density at radius 2 is 2.19 bits per heavy atom. The molecule has 1 aromatic carbocycles. The summed E-state index contributed by atoms with van der Waals surface area (Å²) < 4.78 is 6.71. The fourth-order valence-corrected chi connectivity index (χ4v) is 3.75. The molecule has 0 spiro atoms. The van der Waals surface area contributed by atoms with Crippen LogP contribution in [0.4, 0.5) is 5.82 Å². The minimum atomic E-state index is -0.146. The molecule has 134 valence electrons. The van der Waals surface area contributed by atoms with Gasteiger partial charge >= 0.3 is 0 Å². The van der Waals surface area contributed by atoms with Gasteiger partial charge in [0.1, 0.15) is 5.76 Å². The van der Waals surface area contributed by atoms with Crippen molar-refractivity contribution in [2.45, 2.75) is 37.4 Å². The molecule has 1 aliphatic carbocycles. The molecule has 2 heterocycles. The minimum absolute atomic E-state index is 0.00289. The Morgan fingerprint density at radius 1 is 1.38 bits per heavy atom. The summed E-state index contributed by atoms with van der Waals surface area (Å²) in [5, 5.41) is 7.76. The van der Waals surface area contributed by atoms with Gasteiger partial charge in [-0.25, -0.2) is 4.98 Å². The molecule has 0 bridgehead atoms. The first-order valence-corrected chi connectivity index (χ1v) is 9.47. The van der Waals surface area contributed by atoms with Gasteiger partial charge < -0.3 is 9.84 Å². The van der Waals surface area contributed by atoms with E-state index in [1.807, 2.05) is 24.3 Å². The summed E-state index contributed by atoms with van der Waals surface area (Å²) >= 11 is 1.44. The van der Waals surface area contributed by atoms with Crippen molar-refractivity contribution in [3.8, 4) is 0 Å². The number of anilines is 1. The lowest BCUT2D eigenvalue weighted by atomic mass is 10.2. The number of carbonyl (C=O) groups excluding carboxylic acids is 1. The second-order valence-corrected chi connectivity index (χ2v) is 7.35. The fraction of sp³-hybridized carbons (Fsp3) is 0.333. The van der Waals surface area contributed by atoms with E-state index in [1.165, 1.54) is 11.8 Å². The molecule has 1 saturated carbocycles. The van der Waals surface area contributed by atoms with Gasteiger partial charge in [0.15, 0.2) is 11.0 Å². The highest BCUT2D eigenvalue weighted by atomic mass is 32.2. The van der Waals surface area contributed by atoms with E-state index in [1.54, 1.807) is 17.6 Å². The van der Waals surface area contributed by atoms with Crippen LogP contribution in [0.2, 0.25) is 0 Å². The molecular weight excluding hydrogens is 352 g/mol. The smallest absolute Gasteiger partial charge is 0.262 e. The molecule has 1 aliphatic rings. The summed E-state index contributed by atoms with van der Waals surface area (Å²) in [7, 11) is 0. The summed E-state index contributed by atoms with van der Waals surface area (Å²) in [6.07, 6.45) is 2.29. The SMILES string of the molecule is Cc1cc(NC(=O)CCSc2nc3ccccc3c(=O)n2C2CC2)no1. The van der Waals surface area contributed by atoms with Crippen molar-refractivity contribution in [2.75, 3.05) is 11.1 Å². The van der Waals surface area contributed by atoms with Crippen LogP contribution in [0.25, 0.3) is 10.9 Å². The lowest BCUT2D eigenvalue weighted by molar-refractivity contribution is -0.115. The van der Waals surface area contributed by atoms with Gasteiger partial charge in [-0.15, -0.1) is 0 Å². The molecule has 1 N–H and O–H groups in total. The summed E-state index contributed by atoms with van der Waals surface area (Å²) in [6, 6.07) is 9.28. The maximum atomic E-state index is 12.8. The number of rotatable bonds is 6. The van der Waals surface area contributed by atoms with Crippen LogP contribution in [0.5, 0.6) is 0 Å². The Hall–Kier alpha value is -2.61. The molecule has 7 nitrogen and oxygen atoms in total. The molecule has 0 unspecified atom stereocenters. The first kappa shape index (κ1) is 16.8. The minimum Gasteiger partial charge on any atom is -0.360 e. The quantitative estimate of drug-likeness (QED) is 0.529. The van der Waals surface area contributed by atoms with Crippen molar-refractivity contribution in [1.29, 1.82) is 0 Å². The van der Waals surface area contributed by atoms with Crippen LogP contribution >= 0.6 is 11.8 Å². The van der Waals surface area contributed by atoms with E-state index < -0.39 is 0 Å². The summed E-state index contributed by atoms with van der Waals surface area (Å²) in [4.78, 5) is 29.5. The summed E-state index contributed by atoms with van der Waals surface area (Å²) in [6.45, 7) is 1.76. The lowest BCUT2D eigenvalue weighted by Gasteiger charge is -2.12. The van der Waals surface area contributed by atoms with Crippen molar-refractivity contribution >= 4 is 34.4 Å². The zero-order valence-corrected chi connectivity index (χ0v) is 15.1. The summed E-state index contributed by atoms with van der Waals surface area (Å²) in [5.74, 6) is 1.44. The molecule has 8 heteroatoms. The molecule has 26 heavy (non-hydrogen) atoms. The Bertz CT molecular complexity index is 1020. The Morgan fingerprint density at radius 3 is 2.92 bits per heavy atom. The number of aryl methyl sites for hydroxylation is 1.